The van der Waals surface area contributed by atoms with Crippen molar-refractivity contribution in [3.8, 4) is 16.3 Å². The number of hydrogen-bond acceptors (Lipinski definition) is 6. The van der Waals surface area contributed by atoms with E-state index in [4.69, 9.17) is 9.47 Å². The lowest BCUT2D eigenvalue weighted by Gasteiger charge is -2.16. The Bertz CT molecular complexity index is 1240. The lowest BCUT2D eigenvalue weighted by molar-refractivity contribution is -0.274. The Hall–Kier alpha value is -3.16. The van der Waals surface area contributed by atoms with Gasteiger partial charge in [0.1, 0.15) is 15.6 Å². The molecule has 1 aliphatic heterocycles. The molecule has 192 valence electrons. The number of ether oxygens (including phenoxy) is 3. The predicted octanol–water partition coefficient (Wildman–Crippen LogP) is 6.26. The van der Waals surface area contributed by atoms with E-state index in [0.29, 0.717) is 35.7 Å². The molecule has 0 bridgehead atoms. The molecule has 2 aromatic carbocycles. The Balaban J connectivity index is 1.63. The molecule has 0 aliphatic carbocycles. The zero-order valence-corrected chi connectivity index (χ0v) is 19.3. The van der Waals surface area contributed by atoms with Crippen LogP contribution in [0.3, 0.4) is 0 Å². The van der Waals surface area contributed by atoms with Crippen molar-refractivity contribution in [1.29, 1.82) is 0 Å². The lowest BCUT2D eigenvalue weighted by Crippen LogP contribution is -2.28. The topological polar surface area (TPSA) is 69.7 Å². The Morgan fingerprint density at radius 1 is 1.08 bits per heavy atom. The third-order valence-electron chi connectivity index (χ3n) is 5.11. The van der Waals surface area contributed by atoms with Crippen LogP contribution >= 0.6 is 11.3 Å². The fourth-order valence-corrected chi connectivity index (χ4v) is 4.58. The zero-order valence-electron chi connectivity index (χ0n) is 18.4. The smallest absolute Gasteiger partial charge is 0.406 e. The monoisotopic (exact) mass is 532 g/mol. The summed E-state index contributed by atoms with van der Waals surface area (Å²) in [5.74, 6) is -1.60. The van der Waals surface area contributed by atoms with E-state index < -0.39 is 47.1 Å². The molecule has 36 heavy (non-hydrogen) atoms. The first-order valence-electron chi connectivity index (χ1n) is 10.5. The standard InChI is InChI=1S/C23H18F6N2O4S/c1-12(13-5-4-6-14(11-13)35-23(27,28)29)30-19(32)17-18(22(24,25)26)31-20(36-17)15-7-2-3-8-16(15)21-33-9-10-34-21/h2-8,11-12,21H,9-10H2,1H3,(H,30,32). The minimum absolute atomic E-state index is 0.0598. The molecule has 1 atom stereocenters. The summed E-state index contributed by atoms with van der Waals surface area (Å²) in [7, 11) is 0. The van der Waals surface area contributed by atoms with Gasteiger partial charge in [-0.1, -0.05) is 36.4 Å². The summed E-state index contributed by atoms with van der Waals surface area (Å²) < 4.78 is 93.7. The first-order chi connectivity index (χ1) is 16.9. The van der Waals surface area contributed by atoms with Crippen molar-refractivity contribution in [1.82, 2.24) is 10.3 Å². The maximum absolute atomic E-state index is 13.8. The van der Waals surface area contributed by atoms with E-state index in [9.17, 15) is 31.1 Å². The van der Waals surface area contributed by atoms with Crippen LogP contribution in [-0.2, 0) is 15.7 Å². The minimum atomic E-state index is -4.93. The first kappa shape index (κ1) is 25.9. The second-order valence-corrected chi connectivity index (χ2v) is 8.67. The molecule has 0 spiro atoms. The molecule has 1 aliphatic rings. The van der Waals surface area contributed by atoms with Gasteiger partial charge in [0.15, 0.2) is 12.0 Å². The number of alkyl halides is 6. The van der Waals surface area contributed by atoms with Crippen LogP contribution in [0.5, 0.6) is 5.75 Å². The SMILES string of the molecule is CC(NC(=O)c1sc(-c2ccccc2C2OCCO2)nc1C(F)(F)F)c1cccc(OC(F)(F)F)c1. The van der Waals surface area contributed by atoms with Crippen LogP contribution in [0.4, 0.5) is 26.3 Å². The molecule has 0 saturated carbocycles. The van der Waals surface area contributed by atoms with Crippen LogP contribution in [0, 0.1) is 0 Å². The average Bonchev–Trinajstić information content (AvgIpc) is 3.48. The van der Waals surface area contributed by atoms with Gasteiger partial charge in [0, 0.05) is 11.1 Å². The van der Waals surface area contributed by atoms with Crippen LogP contribution in [0.15, 0.2) is 48.5 Å². The summed E-state index contributed by atoms with van der Waals surface area (Å²) in [6, 6.07) is 10.3. The van der Waals surface area contributed by atoms with Gasteiger partial charge in [0.25, 0.3) is 5.91 Å². The highest BCUT2D eigenvalue weighted by Gasteiger charge is 2.40. The normalized spacial score (nSPS) is 15.6. The molecule has 1 aromatic heterocycles. The first-order valence-corrected chi connectivity index (χ1v) is 11.3. The highest BCUT2D eigenvalue weighted by atomic mass is 32.1. The van der Waals surface area contributed by atoms with Gasteiger partial charge >= 0.3 is 12.5 Å². The average molecular weight is 532 g/mol. The minimum Gasteiger partial charge on any atom is -0.406 e. The van der Waals surface area contributed by atoms with Crippen molar-refractivity contribution in [3.63, 3.8) is 0 Å². The van der Waals surface area contributed by atoms with Crippen molar-refractivity contribution in [2.24, 2.45) is 0 Å². The Labute approximate surface area is 204 Å². The van der Waals surface area contributed by atoms with Gasteiger partial charge in [0.2, 0.25) is 0 Å². The number of carbonyl (C=O) groups is 1. The quantitative estimate of drug-likeness (QED) is 0.380. The predicted molar refractivity (Wildman–Crippen MR) is 116 cm³/mol. The van der Waals surface area contributed by atoms with Crippen molar-refractivity contribution in [2.75, 3.05) is 13.2 Å². The molecule has 4 rings (SSSR count). The van der Waals surface area contributed by atoms with Gasteiger partial charge in [-0.15, -0.1) is 24.5 Å². The molecule has 1 saturated heterocycles. The maximum Gasteiger partial charge on any atom is 0.573 e. The summed E-state index contributed by atoms with van der Waals surface area (Å²) in [5.41, 5.74) is -0.378. The number of benzene rings is 2. The molecule has 6 nitrogen and oxygen atoms in total. The van der Waals surface area contributed by atoms with Crippen LogP contribution in [-0.4, -0.2) is 30.5 Å². The van der Waals surface area contributed by atoms with Gasteiger partial charge in [-0.3, -0.25) is 4.79 Å². The number of hydrogen-bond donors (Lipinski definition) is 1. The van der Waals surface area contributed by atoms with E-state index in [1.54, 1.807) is 24.3 Å². The number of carbonyl (C=O) groups excluding carboxylic acids is 1. The fraction of sp³-hybridized carbons (Fsp3) is 0.304. The lowest BCUT2D eigenvalue weighted by atomic mass is 10.1. The molecule has 0 radical (unpaired) electrons. The van der Waals surface area contributed by atoms with Gasteiger partial charge in [-0.2, -0.15) is 13.2 Å². The maximum atomic E-state index is 13.8. The second kappa shape index (κ2) is 10.1. The summed E-state index contributed by atoms with van der Waals surface area (Å²) in [5, 5.41) is 2.34. The van der Waals surface area contributed by atoms with Crippen molar-refractivity contribution < 1.29 is 45.3 Å². The number of aromatic nitrogens is 1. The van der Waals surface area contributed by atoms with E-state index in [1.165, 1.54) is 19.1 Å². The highest BCUT2D eigenvalue weighted by molar-refractivity contribution is 7.17. The third-order valence-corrected chi connectivity index (χ3v) is 6.20. The molecule has 1 N–H and O–H groups in total. The van der Waals surface area contributed by atoms with Crippen LogP contribution < -0.4 is 10.1 Å². The molecule has 13 heteroatoms. The largest absolute Gasteiger partial charge is 0.573 e. The molecular formula is C23H18F6N2O4S. The summed E-state index contributed by atoms with van der Waals surface area (Å²) >= 11 is 0.541. The van der Waals surface area contributed by atoms with E-state index in [0.717, 1.165) is 12.1 Å². The highest BCUT2D eigenvalue weighted by Crippen LogP contribution is 2.41. The van der Waals surface area contributed by atoms with Crippen LogP contribution in [0.1, 0.15) is 45.7 Å². The Kier molecular flexibility index (Phi) is 7.25. The fourth-order valence-electron chi connectivity index (χ4n) is 3.54. The van der Waals surface area contributed by atoms with E-state index in [-0.39, 0.29) is 10.6 Å². The van der Waals surface area contributed by atoms with Crippen LogP contribution in [0.2, 0.25) is 0 Å². The van der Waals surface area contributed by atoms with Gasteiger partial charge in [0.05, 0.1) is 19.3 Å². The van der Waals surface area contributed by atoms with Crippen LogP contribution in [0.25, 0.3) is 10.6 Å². The van der Waals surface area contributed by atoms with Gasteiger partial charge in [-0.05, 0) is 24.6 Å². The zero-order chi connectivity index (χ0) is 26.1. The molecule has 3 aromatic rings. The van der Waals surface area contributed by atoms with Crippen molar-refractivity contribution >= 4 is 17.2 Å². The number of halogens is 6. The molecule has 1 fully saturated rings. The number of rotatable bonds is 6. The second-order valence-electron chi connectivity index (χ2n) is 7.67. The number of nitrogens with zero attached hydrogens (tertiary/aromatic N) is 1. The number of nitrogens with one attached hydrogen (secondary N) is 1. The third kappa shape index (κ3) is 5.97. The van der Waals surface area contributed by atoms with E-state index in [1.807, 2.05) is 0 Å². The summed E-state index contributed by atoms with van der Waals surface area (Å²) in [6.45, 7) is 2.07. The summed E-state index contributed by atoms with van der Waals surface area (Å²) in [4.78, 5) is 15.9. The van der Waals surface area contributed by atoms with Gasteiger partial charge in [-0.25, -0.2) is 4.98 Å². The Morgan fingerprint density at radius 3 is 2.44 bits per heavy atom. The Morgan fingerprint density at radius 2 is 1.78 bits per heavy atom. The van der Waals surface area contributed by atoms with E-state index in [2.05, 4.69) is 15.0 Å². The number of amides is 1. The van der Waals surface area contributed by atoms with Crippen molar-refractivity contribution in [2.45, 2.75) is 31.8 Å². The molecular weight excluding hydrogens is 514 g/mol. The summed E-state index contributed by atoms with van der Waals surface area (Å²) in [6.07, 6.45) is -10.6. The number of thiazole rings is 1. The molecule has 2 heterocycles. The molecule has 1 amide bonds. The van der Waals surface area contributed by atoms with E-state index >= 15 is 0 Å². The van der Waals surface area contributed by atoms with Crippen molar-refractivity contribution in [3.05, 3.63) is 70.2 Å². The van der Waals surface area contributed by atoms with Gasteiger partial charge < -0.3 is 19.5 Å². The molecule has 1 unspecified atom stereocenters.